The van der Waals surface area contributed by atoms with E-state index in [1.165, 1.54) is 0 Å². The maximum atomic E-state index is 12.0. The standard InChI is InChI=1S/C11H14BrNO2S/c12-9-3-5-10(6-4-9)16(14,15)7-11(13)8-1-2-8/h3-6,8,11H,1-2,7,13H2. The maximum absolute atomic E-state index is 12.0. The fourth-order valence-electron chi connectivity index (χ4n) is 1.65. The Morgan fingerprint density at radius 1 is 1.31 bits per heavy atom. The zero-order valence-corrected chi connectivity index (χ0v) is 11.2. The monoisotopic (exact) mass is 303 g/mol. The van der Waals surface area contributed by atoms with Crippen molar-refractivity contribution in [3.63, 3.8) is 0 Å². The Balaban J connectivity index is 2.14. The Hall–Kier alpha value is -0.390. The molecule has 1 saturated carbocycles. The second-order valence-corrected chi connectivity index (χ2v) is 7.19. The highest BCUT2D eigenvalue weighted by Crippen LogP contribution is 2.32. The van der Waals surface area contributed by atoms with Crippen molar-refractivity contribution in [3.05, 3.63) is 28.7 Å². The van der Waals surface area contributed by atoms with Gasteiger partial charge in [-0.25, -0.2) is 8.42 Å². The van der Waals surface area contributed by atoms with Gasteiger partial charge in [0.2, 0.25) is 0 Å². The lowest BCUT2D eigenvalue weighted by Gasteiger charge is -2.10. The average Bonchev–Trinajstić information content (AvgIpc) is 3.00. The van der Waals surface area contributed by atoms with Crippen LogP contribution in [-0.4, -0.2) is 20.2 Å². The van der Waals surface area contributed by atoms with E-state index in [1.54, 1.807) is 24.3 Å². The number of sulfone groups is 1. The van der Waals surface area contributed by atoms with Gasteiger partial charge in [-0.2, -0.15) is 0 Å². The van der Waals surface area contributed by atoms with Crippen LogP contribution in [-0.2, 0) is 9.84 Å². The highest BCUT2D eigenvalue weighted by molar-refractivity contribution is 9.10. The molecule has 1 fully saturated rings. The highest BCUT2D eigenvalue weighted by atomic mass is 79.9. The summed E-state index contributed by atoms with van der Waals surface area (Å²) in [7, 11) is -3.23. The molecule has 1 atom stereocenters. The molecule has 0 saturated heterocycles. The summed E-state index contributed by atoms with van der Waals surface area (Å²) in [6.07, 6.45) is 2.13. The van der Waals surface area contributed by atoms with Crippen LogP contribution in [0.25, 0.3) is 0 Å². The van der Waals surface area contributed by atoms with Crippen molar-refractivity contribution in [2.45, 2.75) is 23.8 Å². The van der Waals surface area contributed by atoms with E-state index in [4.69, 9.17) is 5.73 Å². The molecule has 0 aromatic heterocycles. The molecule has 1 aliphatic carbocycles. The van der Waals surface area contributed by atoms with Crippen LogP contribution in [0.15, 0.2) is 33.6 Å². The van der Waals surface area contributed by atoms with Gasteiger partial charge in [-0.3, -0.25) is 0 Å². The number of hydrogen-bond donors (Lipinski definition) is 1. The Bertz CT molecular complexity index is 465. The zero-order chi connectivity index (χ0) is 11.8. The zero-order valence-electron chi connectivity index (χ0n) is 8.77. The van der Waals surface area contributed by atoms with Gasteiger partial charge in [0.15, 0.2) is 9.84 Å². The molecule has 0 radical (unpaired) electrons. The topological polar surface area (TPSA) is 60.2 Å². The molecule has 1 aliphatic rings. The molecule has 0 spiro atoms. The summed E-state index contributed by atoms with van der Waals surface area (Å²) in [5.41, 5.74) is 5.84. The summed E-state index contributed by atoms with van der Waals surface area (Å²) in [4.78, 5) is 0.354. The molecule has 1 aromatic rings. The molecule has 16 heavy (non-hydrogen) atoms. The fraction of sp³-hybridized carbons (Fsp3) is 0.455. The van der Waals surface area contributed by atoms with Gasteiger partial charge in [-0.05, 0) is 43.0 Å². The fourth-order valence-corrected chi connectivity index (χ4v) is 3.44. The molecule has 0 amide bonds. The van der Waals surface area contributed by atoms with Gasteiger partial charge in [-0.15, -0.1) is 0 Å². The van der Waals surface area contributed by atoms with Crippen LogP contribution in [0.3, 0.4) is 0 Å². The SMILES string of the molecule is NC(CS(=O)(=O)c1ccc(Br)cc1)C1CC1. The van der Waals surface area contributed by atoms with E-state index in [-0.39, 0.29) is 11.8 Å². The van der Waals surface area contributed by atoms with E-state index in [9.17, 15) is 8.42 Å². The molecular weight excluding hydrogens is 290 g/mol. The molecule has 0 aliphatic heterocycles. The van der Waals surface area contributed by atoms with E-state index in [0.717, 1.165) is 17.3 Å². The van der Waals surface area contributed by atoms with Gasteiger partial charge >= 0.3 is 0 Å². The summed E-state index contributed by atoms with van der Waals surface area (Å²) in [6.45, 7) is 0. The molecule has 0 bridgehead atoms. The third kappa shape index (κ3) is 2.84. The molecule has 2 rings (SSSR count). The lowest BCUT2D eigenvalue weighted by Crippen LogP contribution is -2.31. The van der Waals surface area contributed by atoms with Crippen LogP contribution < -0.4 is 5.73 Å². The molecule has 0 heterocycles. The minimum absolute atomic E-state index is 0.0549. The number of halogens is 1. The normalized spacial score (nSPS) is 18.4. The van der Waals surface area contributed by atoms with Crippen LogP contribution in [0.1, 0.15) is 12.8 Å². The number of hydrogen-bond acceptors (Lipinski definition) is 3. The quantitative estimate of drug-likeness (QED) is 0.925. The van der Waals surface area contributed by atoms with Crippen LogP contribution >= 0.6 is 15.9 Å². The molecule has 1 aromatic carbocycles. The number of rotatable bonds is 4. The molecule has 3 nitrogen and oxygen atoms in total. The Labute approximate surface area is 104 Å². The van der Waals surface area contributed by atoms with E-state index >= 15 is 0 Å². The van der Waals surface area contributed by atoms with Crippen molar-refractivity contribution in [2.75, 3.05) is 5.75 Å². The van der Waals surface area contributed by atoms with Crippen LogP contribution in [0.2, 0.25) is 0 Å². The first-order valence-corrected chi connectivity index (χ1v) is 7.67. The van der Waals surface area contributed by atoms with Gasteiger partial charge in [0.25, 0.3) is 0 Å². The first kappa shape index (κ1) is 12.1. The summed E-state index contributed by atoms with van der Waals surface area (Å²) < 4.78 is 24.9. The molecular formula is C11H14BrNO2S. The van der Waals surface area contributed by atoms with Crippen LogP contribution in [0.4, 0.5) is 0 Å². The summed E-state index contributed by atoms with van der Waals surface area (Å²) in [5, 5.41) is 0. The van der Waals surface area contributed by atoms with Crippen molar-refractivity contribution in [2.24, 2.45) is 11.7 Å². The third-order valence-corrected chi connectivity index (χ3v) is 5.15. The first-order chi connectivity index (χ1) is 7.49. The summed E-state index contributed by atoms with van der Waals surface area (Å²) >= 11 is 3.28. The van der Waals surface area contributed by atoms with E-state index in [1.807, 2.05) is 0 Å². The molecule has 1 unspecified atom stereocenters. The molecule has 88 valence electrons. The number of benzene rings is 1. The van der Waals surface area contributed by atoms with Gasteiger partial charge in [-0.1, -0.05) is 15.9 Å². The number of nitrogens with two attached hydrogens (primary N) is 1. The van der Waals surface area contributed by atoms with Gasteiger partial charge in [0, 0.05) is 10.5 Å². The Morgan fingerprint density at radius 3 is 2.38 bits per heavy atom. The summed E-state index contributed by atoms with van der Waals surface area (Å²) in [6, 6.07) is 6.47. The van der Waals surface area contributed by atoms with Crippen molar-refractivity contribution >= 4 is 25.8 Å². The lowest BCUT2D eigenvalue weighted by molar-refractivity contribution is 0.574. The largest absolute Gasteiger partial charge is 0.327 e. The van der Waals surface area contributed by atoms with E-state index in [2.05, 4.69) is 15.9 Å². The average molecular weight is 304 g/mol. The van der Waals surface area contributed by atoms with Gasteiger partial charge in [0.1, 0.15) is 0 Å². The smallest absolute Gasteiger partial charge is 0.179 e. The van der Waals surface area contributed by atoms with Crippen molar-refractivity contribution in [3.8, 4) is 0 Å². The van der Waals surface area contributed by atoms with Gasteiger partial charge < -0.3 is 5.73 Å². The van der Waals surface area contributed by atoms with E-state index < -0.39 is 9.84 Å². The molecule has 2 N–H and O–H groups in total. The van der Waals surface area contributed by atoms with Crippen molar-refractivity contribution in [1.29, 1.82) is 0 Å². The van der Waals surface area contributed by atoms with Crippen molar-refractivity contribution in [1.82, 2.24) is 0 Å². The predicted molar refractivity (Wildman–Crippen MR) is 66.9 cm³/mol. The second kappa shape index (κ2) is 4.47. The third-order valence-electron chi connectivity index (χ3n) is 2.81. The van der Waals surface area contributed by atoms with Crippen LogP contribution in [0.5, 0.6) is 0 Å². The highest BCUT2D eigenvalue weighted by Gasteiger charge is 2.32. The minimum Gasteiger partial charge on any atom is -0.327 e. The van der Waals surface area contributed by atoms with E-state index in [0.29, 0.717) is 10.8 Å². The Kier molecular flexibility index (Phi) is 3.37. The molecule has 5 heteroatoms. The maximum Gasteiger partial charge on any atom is 0.179 e. The van der Waals surface area contributed by atoms with Crippen LogP contribution in [0, 0.1) is 5.92 Å². The first-order valence-electron chi connectivity index (χ1n) is 5.23. The summed E-state index contributed by atoms with van der Waals surface area (Å²) in [5.74, 6) is 0.462. The van der Waals surface area contributed by atoms with Gasteiger partial charge in [0.05, 0.1) is 10.6 Å². The predicted octanol–water partition coefficient (Wildman–Crippen LogP) is 1.96. The van der Waals surface area contributed by atoms with Crippen molar-refractivity contribution < 1.29 is 8.42 Å². The lowest BCUT2D eigenvalue weighted by atomic mass is 10.2. The minimum atomic E-state index is -3.23. The Morgan fingerprint density at radius 2 is 1.88 bits per heavy atom. The second-order valence-electron chi connectivity index (χ2n) is 4.24.